The molecule has 3 aliphatic rings. The second-order valence-corrected chi connectivity index (χ2v) is 9.39. The van der Waals surface area contributed by atoms with Gasteiger partial charge < -0.3 is 9.42 Å². The number of fused-ring (bicyclic) bond motifs is 2. The fourth-order valence-electron chi connectivity index (χ4n) is 5.60. The maximum Gasteiger partial charge on any atom is 0.416 e. The van der Waals surface area contributed by atoms with Crippen molar-refractivity contribution in [3.63, 3.8) is 0 Å². The minimum absolute atomic E-state index is 0.144. The van der Waals surface area contributed by atoms with Gasteiger partial charge in [-0.2, -0.15) is 18.2 Å². The van der Waals surface area contributed by atoms with Crippen LogP contribution in [0.4, 0.5) is 13.2 Å². The van der Waals surface area contributed by atoms with Gasteiger partial charge in [-0.3, -0.25) is 9.69 Å². The van der Waals surface area contributed by atoms with Gasteiger partial charge in [-0.05, 0) is 49.1 Å². The van der Waals surface area contributed by atoms with Gasteiger partial charge in [0.1, 0.15) is 0 Å². The highest BCUT2D eigenvalue weighted by Crippen LogP contribution is 2.49. The van der Waals surface area contributed by atoms with E-state index in [4.69, 9.17) is 4.52 Å². The van der Waals surface area contributed by atoms with E-state index in [1.807, 2.05) is 4.90 Å². The number of carbonyl (C=O) groups excluding carboxylic acids is 1. The van der Waals surface area contributed by atoms with E-state index < -0.39 is 11.7 Å². The summed E-state index contributed by atoms with van der Waals surface area (Å²) >= 11 is 0. The SMILES string of the molecule is O=C(CC1CC2CCC1C2)N1CCN(Cc2nc(-c3cccc(C(F)(F)F)c3)no2)CC1. The molecular formula is C23H27F3N4O2. The van der Waals surface area contributed by atoms with Gasteiger partial charge in [0, 0.05) is 38.2 Å². The molecule has 1 aromatic heterocycles. The minimum atomic E-state index is -4.42. The lowest BCUT2D eigenvalue weighted by Gasteiger charge is -2.35. The highest BCUT2D eigenvalue weighted by atomic mass is 19.4. The molecule has 172 valence electrons. The number of aromatic nitrogens is 2. The number of halogens is 3. The Bertz CT molecular complexity index is 968. The number of alkyl halides is 3. The number of hydrogen-bond donors (Lipinski definition) is 0. The second kappa shape index (κ2) is 8.50. The molecule has 2 aliphatic carbocycles. The van der Waals surface area contributed by atoms with Crippen LogP contribution in [0.25, 0.3) is 11.4 Å². The molecule has 0 spiro atoms. The molecule has 3 atom stereocenters. The molecule has 5 rings (SSSR count). The van der Waals surface area contributed by atoms with E-state index in [-0.39, 0.29) is 17.3 Å². The summed E-state index contributed by atoms with van der Waals surface area (Å²) in [5, 5.41) is 3.85. The minimum Gasteiger partial charge on any atom is -0.340 e. The van der Waals surface area contributed by atoms with Gasteiger partial charge in [-0.15, -0.1) is 0 Å². The molecule has 1 amide bonds. The van der Waals surface area contributed by atoms with Crippen molar-refractivity contribution >= 4 is 5.91 Å². The van der Waals surface area contributed by atoms with E-state index in [1.54, 1.807) is 0 Å². The van der Waals surface area contributed by atoms with Crippen molar-refractivity contribution in [1.29, 1.82) is 0 Å². The summed E-state index contributed by atoms with van der Waals surface area (Å²) in [6.07, 6.45) is 1.45. The molecule has 2 saturated carbocycles. The first-order valence-electron chi connectivity index (χ1n) is 11.4. The molecule has 1 saturated heterocycles. The number of carbonyl (C=O) groups is 1. The van der Waals surface area contributed by atoms with Crippen LogP contribution in [-0.4, -0.2) is 52.0 Å². The van der Waals surface area contributed by atoms with Gasteiger partial charge in [0.05, 0.1) is 12.1 Å². The maximum atomic E-state index is 12.9. The van der Waals surface area contributed by atoms with Crippen LogP contribution in [0.15, 0.2) is 28.8 Å². The van der Waals surface area contributed by atoms with Gasteiger partial charge in [0.2, 0.25) is 17.6 Å². The molecule has 1 aromatic carbocycles. The number of benzene rings is 1. The predicted octanol–water partition coefficient (Wildman–Crippen LogP) is 4.23. The molecular weight excluding hydrogens is 421 g/mol. The third kappa shape index (κ3) is 4.53. The van der Waals surface area contributed by atoms with Crippen LogP contribution in [0.5, 0.6) is 0 Å². The van der Waals surface area contributed by atoms with Crippen LogP contribution in [0, 0.1) is 17.8 Å². The molecule has 6 nitrogen and oxygen atoms in total. The van der Waals surface area contributed by atoms with Crippen LogP contribution >= 0.6 is 0 Å². The molecule has 3 unspecified atom stereocenters. The average Bonchev–Trinajstić information content (AvgIpc) is 3.51. The monoisotopic (exact) mass is 448 g/mol. The maximum absolute atomic E-state index is 12.9. The summed E-state index contributed by atoms with van der Waals surface area (Å²) < 4.78 is 44.1. The van der Waals surface area contributed by atoms with Gasteiger partial charge >= 0.3 is 6.18 Å². The average molecular weight is 448 g/mol. The normalized spacial score (nSPS) is 26.1. The second-order valence-electron chi connectivity index (χ2n) is 9.39. The van der Waals surface area contributed by atoms with Crippen LogP contribution < -0.4 is 0 Å². The Balaban J connectivity index is 1.13. The number of nitrogens with zero attached hydrogens (tertiary/aromatic N) is 4. The van der Waals surface area contributed by atoms with E-state index >= 15 is 0 Å². The molecule has 0 radical (unpaired) electrons. The third-order valence-corrected chi connectivity index (χ3v) is 7.32. The van der Waals surface area contributed by atoms with E-state index in [0.717, 1.165) is 24.0 Å². The van der Waals surface area contributed by atoms with Crippen molar-refractivity contribution in [2.45, 2.75) is 44.8 Å². The first-order valence-corrected chi connectivity index (χ1v) is 11.4. The van der Waals surface area contributed by atoms with Gasteiger partial charge in [0.25, 0.3) is 0 Å². The van der Waals surface area contributed by atoms with E-state index in [1.165, 1.54) is 37.8 Å². The van der Waals surface area contributed by atoms with Crippen LogP contribution in [0.3, 0.4) is 0 Å². The fraction of sp³-hybridized carbons (Fsp3) is 0.609. The van der Waals surface area contributed by atoms with Crippen molar-refractivity contribution in [3.8, 4) is 11.4 Å². The number of rotatable bonds is 5. The summed E-state index contributed by atoms with van der Waals surface area (Å²) in [4.78, 5) is 21.1. The van der Waals surface area contributed by atoms with Crippen molar-refractivity contribution in [2.24, 2.45) is 17.8 Å². The zero-order chi connectivity index (χ0) is 22.3. The smallest absolute Gasteiger partial charge is 0.340 e. The van der Waals surface area contributed by atoms with Crippen molar-refractivity contribution in [3.05, 3.63) is 35.7 Å². The molecule has 9 heteroatoms. The molecule has 1 aliphatic heterocycles. The first kappa shape index (κ1) is 21.4. The Kier molecular flexibility index (Phi) is 5.69. The Morgan fingerprint density at radius 1 is 1.12 bits per heavy atom. The standard InChI is InChI=1S/C23H27F3N4O2/c24-23(25,26)19-3-1-2-17(12-19)22-27-20(32-28-22)14-29-6-8-30(9-7-29)21(31)13-18-11-15-4-5-16(18)10-15/h1-3,12,15-16,18H,4-11,13-14H2. The quantitative estimate of drug-likeness (QED) is 0.685. The van der Waals surface area contributed by atoms with Gasteiger partial charge in [-0.1, -0.05) is 23.7 Å². The highest BCUT2D eigenvalue weighted by Gasteiger charge is 2.40. The molecule has 32 heavy (non-hydrogen) atoms. The predicted molar refractivity (Wildman–Crippen MR) is 110 cm³/mol. The lowest BCUT2D eigenvalue weighted by atomic mass is 9.86. The Labute approximate surface area is 184 Å². The highest BCUT2D eigenvalue weighted by molar-refractivity contribution is 5.76. The molecule has 2 bridgehead atoms. The van der Waals surface area contributed by atoms with E-state index in [0.29, 0.717) is 51.0 Å². The Hall–Kier alpha value is -2.42. The van der Waals surface area contributed by atoms with E-state index in [9.17, 15) is 18.0 Å². The van der Waals surface area contributed by atoms with E-state index in [2.05, 4.69) is 15.0 Å². The summed E-state index contributed by atoms with van der Waals surface area (Å²) in [6.45, 7) is 3.19. The zero-order valence-corrected chi connectivity index (χ0v) is 17.9. The lowest BCUT2D eigenvalue weighted by molar-refractivity contribution is -0.137. The lowest BCUT2D eigenvalue weighted by Crippen LogP contribution is -2.48. The zero-order valence-electron chi connectivity index (χ0n) is 17.9. The van der Waals surface area contributed by atoms with Crippen molar-refractivity contribution in [1.82, 2.24) is 19.9 Å². The largest absolute Gasteiger partial charge is 0.416 e. The Morgan fingerprint density at radius 2 is 1.94 bits per heavy atom. The molecule has 0 N–H and O–H groups in total. The summed E-state index contributed by atoms with van der Waals surface area (Å²) in [5.74, 6) is 2.96. The fourth-order valence-corrected chi connectivity index (χ4v) is 5.60. The van der Waals surface area contributed by atoms with Crippen molar-refractivity contribution < 1.29 is 22.5 Å². The first-order chi connectivity index (χ1) is 15.3. The molecule has 2 aromatic rings. The van der Waals surface area contributed by atoms with Crippen LogP contribution in [-0.2, 0) is 17.5 Å². The van der Waals surface area contributed by atoms with Crippen molar-refractivity contribution in [2.75, 3.05) is 26.2 Å². The summed E-state index contributed by atoms with van der Waals surface area (Å²) in [6, 6.07) is 4.91. The van der Waals surface area contributed by atoms with Crippen LogP contribution in [0.2, 0.25) is 0 Å². The molecule has 2 heterocycles. The third-order valence-electron chi connectivity index (χ3n) is 7.32. The Morgan fingerprint density at radius 3 is 2.62 bits per heavy atom. The summed E-state index contributed by atoms with van der Waals surface area (Å²) in [5.41, 5.74) is -0.474. The van der Waals surface area contributed by atoms with Crippen LogP contribution in [0.1, 0.15) is 43.6 Å². The topological polar surface area (TPSA) is 62.5 Å². The van der Waals surface area contributed by atoms with Gasteiger partial charge in [-0.25, -0.2) is 0 Å². The molecule has 3 fully saturated rings. The number of amides is 1. The number of hydrogen-bond acceptors (Lipinski definition) is 5. The van der Waals surface area contributed by atoms with Gasteiger partial charge in [0.15, 0.2) is 0 Å². The summed E-state index contributed by atoms with van der Waals surface area (Å²) in [7, 11) is 0. The number of piperazine rings is 1.